The van der Waals surface area contributed by atoms with Gasteiger partial charge in [-0.3, -0.25) is 4.79 Å². The molecular weight excluding hydrogens is 245 g/mol. The van der Waals surface area contributed by atoms with Crippen LogP contribution in [0.1, 0.15) is 16.8 Å². The predicted octanol–water partition coefficient (Wildman–Crippen LogP) is 1.53. The van der Waals surface area contributed by atoms with Crippen LogP contribution in [0.3, 0.4) is 0 Å². The number of halogens is 1. The Hall–Kier alpha value is -2.01. The number of H-pyrrole nitrogens is 1. The number of hydrogen-bond donors (Lipinski definition) is 2. The fourth-order valence-electron chi connectivity index (χ4n) is 2.35. The highest BCUT2D eigenvalue weighted by Gasteiger charge is 2.16. The average Bonchev–Trinajstić information content (AvgIpc) is 2.41. The summed E-state index contributed by atoms with van der Waals surface area (Å²) in [7, 11) is 0. The van der Waals surface area contributed by atoms with Crippen molar-refractivity contribution in [3.8, 4) is 11.4 Å². The molecular formula is C14H14FN3O. The third-order valence-electron chi connectivity index (χ3n) is 3.40. The average molecular weight is 259 g/mol. The first kappa shape index (κ1) is 12.0. The number of fused-ring (bicyclic) bond motifs is 1. The number of nitrogens with zero attached hydrogens (tertiary/aromatic N) is 1. The number of rotatable bonds is 1. The van der Waals surface area contributed by atoms with E-state index in [1.807, 2.05) is 6.92 Å². The molecule has 1 aromatic heterocycles. The van der Waals surface area contributed by atoms with Gasteiger partial charge in [0.1, 0.15) is 11.6 Å². The van der Waals surface area contributed by atoms with Gasteiger partial charge in [0.2, 0.25) is 0 Å². The van der Waals surface area contributed by atoms with E-state index < -0.39 is 0 Å². The van der Waals surface area contributed by atoms with Gasteiger partial charge in [0.15, 0.2) is 0 Å². The fourth-order valence-corrected chi connectivity index (χ4v) is 2.35. The summed E-state index contributed by atoms with van der Waals surface area (Å²) in [4.78, 5) is 19.3. The molecule has 0 saturated heterocycles. The van der Waals surface area contributed by atoms with Crippen molar-refractivity contribution in [2.45, 2.75) is 19.9 Å². The molecule has 0 radical (unpaired) electrons. The summed E-state index contributed by atoms with van der Waals surface area (Å²) < 4.78 is 13.3. The quantitative estimate of drug-likeness (QED) is 0.816. The molecule has 4 nitrogen and oxygen atoms in total. The first-order valence-corrected chi connectivity index (χ1v) is 6.24. The van der Waals surface area contributed by atoms with Crippen molar-refractivity contribution in [2.24, 2.45) is 0 Å². The van der Waals surface area contributed by atoms with E-state index >= 15 is 0 Å². The van der Waals surface area contributed by atoms with Crippen LogP contribution in [0.4, 0.5) is 4.39 Å². The number of aromatic amines is 1. The highest BCUT2D eigenvalue weighted by Crippen LogP contribution is 2.21. The van der Waals surface area contributed by atoms with Crippen molar-refractivity contribution in [3.63, 3.8) is 0 Å². The summed E-state index contributed by atoms with van der Waals surface area (Å²) >= 11 is 0. The maximum absolute atomic E-state index is 13.3. The third-order valence-corrected chi connectivity index (χ3v) is 3.40. The van der Waals surface area contributed by atoms with Gasteiger partial charge in [-0.2, -0.15) is 0 Å². The van der Waals surface area contributed by atoms with Crippen LogP contribution in [0.5, 0.6) is 0 Å². The van der Waals surface area contributed by atoms with Crippen LogP contribution in [-0.4, -0.2) is 16.5 Å². The van der Waals surface area contributed by atoms with Gasteiger partial charge in [-0.05, 0) is 37.6 Å². The van der Waals surface area contributed by atoms with Crippen molar-refractivity contribution >= 4 is 0 Å². The Bertz CT molecular complexity index is 694. The van der Waals surface area contributed by atoms with Crippen molar-refractivity contribution in [1.82, 2.24) is 15.3 Å². The van der Waals surface area contributed by atoms with E-state index in [0.29, 0.717) is 24.4 Å². The van der Waals surface area contributed by atoms with E-state index in [0.717, 1.165) is 23.4 Å². The minimum absolute atomic E-state index is 0.120. The zero-order valence-electron chi connectivity index (χ0n) is 10.6. The molecule has 0 saturated carbocycles. The zero-order valence-corrected chi connectivity index (χ0v) is 10.6. The summed E-state index contributed by atoms with van der Waals surface area (Å²) in [5.41, 5.74) is 2.88. The van der Waals surface area contributed by atoms with Crippen LogP contribution in [0, 0.1) is 12.7 Å². The molecule has 0 aliphatic carbocycles. The lowest BCUT2D eigenvalue weighted by Gasteiger charge is -2.16. The van der Waals surface area contributed by atoms with E-state index in [-0.39, 0.29) is 11.4 Å². The minimum Gasteiger partial charge on any atom is -0.311 e. The zero-order chi connectivity index (χ0) is 13.4. The highest BCUT2D eigenvalue weighted by atomic mass is 19.1. The van der Waals surface area contributed by atoms with Gasteiger partial charge in [0.25, 0.3) is 5.56 Å². The number of benzene rings is 1. The Morgan fingerprint density at radius 1 is 1.37 bits per heavy atom. The smallest absolute Gasteiger partial charge is 0.254 e. The number of hydrogen-bond acceptors (Lipinski definition) is 3. The molecule has 5 heteroatoms. The highest BCUT2D eigenvalue weighted by molar-refractivity contribution is 5.60. The lowest BCUT2D eigenvalue weighted by molar-refractivity contribution is 0.618. The van der Waals surface area contributed by atoms with Crippen molar-refractivity contribution in [1.29, 1.82) is 0 Å². The normalized spacial score (nSPS) is 14.2. The summed E-state index contributed by atoms with van der Waals surface area (Å²) in [6.07, 6.45) is 0.681. The molecule has 1 aromatic carbocycles. The number of aryl methyl sites for hydroxylation is 1. The topological polar surface area (TPSA) is 57.8 Å². The molecule has 0 atom stereocenters. The van der Waals surface area contributed by atoms with E-state index in [9.17, 15) is 9.18 Å². The Labute approximate surface area is 109 Å². The van der Waals surface area contributed by atoms with Crippen molar-refractivity contribution in [2.75, 3.05) is 6.54 Å². The van der Waals surface area contributed by atoms with Gasteiger partial charge in [-0.1, -0.05) is 6.07 Å². The Kier molecular flexibility index (Phi) is 2.91. The monoisotopic (exact) mass is 259 g/mol. The summed E-state index contributed by atoms with van der Waals surface area (Å²) in [6, 6.07) is 4.48. The molecule has 1 aliphatic rings. The maximum Gasteiger partial charge on any atom is 0.254 e. The molecule has 0 unspecified atom stereocenters. The van der Waals surface area contributed by atoms with Crippen molar-refractivity contribution in [3.05, 3.63) is 51.2 Å². The van der Waals surface area contributed by atoms with E-state index in [4.69, 9.17) is 0 Å². The lowest BCUT2D eigenvalue weighted by atomic mass is 10.1. The molecule has 0 spiro atoms. The second-order valence-corrected chi connectivity index (χ2v) is 4.73. The van der Waals surface area contributed by atoms with Gasteiger partial charge in [-0.25, -0.2) is 9.37 Å². The van der Waals surface area contributed by atoms with Gasteiger partial charge < -0.3 is 10.3 Å². The van der Waals surface area contributed by atoms with Gasteiger partial charge in [-0.15, -0.1) is 0 Å². The molecule has 19 heavy (non-hydrogen) atoms. The summed E-state index contributed by atoms with van der Waals surface area (Å²) in [5.74, 6) is 0.101. The Morgan fingerprint density at radius 2 is 2.21 bits per heavy atom. The predicted molar refractivity (Wildman–Crippen MR) is 70.4 cm³/mol. The van der Waals surface area contributed by atoms with Crippen LogP contribution in [-0.2, 0) is 13.0 Å². The SMILES string of the molecule is Cc1ccc(F)cc1-c1nc2c(c(=O)[nH]1)CCNC2. The molecule has 2 N–H and O–H groups in total. The number of aromatic nitrogens is 2. The van der Waals surface area contributed by atoms with Crippen LogP contribution in [0.2, 0.25) is 0 Å². The third kappa shape index (κ3) is 2.17. The van der Waals surface area contributed by atoms with Gasteiger partial charge in [0.05, 0.1) is 5.69 Å². The molecule has 0 amide bonds. The molecule has 0 bridgehead atoms. The lowest BCUT2D eigenvalue weighted by Crippen LogP contribution is -2.31. The van der Waals surface area contributed by atoms with E-state index in [2.05, 4.69) is 15.3 Å². The van der Waals surface area contributed by atoms with Crippen LogP contribution >= 0.6 is 0 Å². The molecule has 2 heterocycles. The molecule has 2 aromatic rings. The Balaban J connectivity index is 2.18. The van der Waals surface area contributed by atoms with Crippen LogP contribution in [0.25, 0.3) is 11.4 Å². The standard InChI is InChI=1S/C14H14FN3O/c1-8-2-3-9(15)6-11(8)13-17-12-7-16-5-4-10(12)14(19)18-13/h2-3,6,16H,4-5,7H2,1H3,(H,17,18,19). The van der Waals surface area contributed by atoms with E-state index in [1.165, 1.54) is 12.1 Å². The molecule has 0 fully saturated rings. The Morgan fingerprint density at radius 3 is 3.05 bits per heavy atom. The fraction of sp³-hybridized carbons (Fsp3) is 0.286. The maximum atomic E-state index is 13.3. The largest absolute Gasteiger partial charge is 0.311 e. The number of nitrogens with one attached hydrogen (secondary N) is 2. The van der Waals surface area contributed by atoms with Crippen LogP contribution < -0.4 is 10.9 Å². The minimum atomic E-state index is -0.334. The van der Waals surface area contributed by atoms with Crippen molar-refractivity contribution < 1.29 is 4.39 Å². The second-order valence-electron chi connectivity index (χ2n) is 4.73. The first-order chi connectivity index (χ1) is 9.15. The summed E-state index contributed by atoms with van der Waals surface area (Å²) in [5, 5.41) is 3.18. The molecule has 1 aliphatic heterocycles. The molecule has 3 rings (SSSR count). The second kappa shape index (κ2) is 4.59. The van der Waals surface area contributed by atoms with Gasteiger partial charge >= 0.3 is 0 Å². The van der Waals surface area contributed by atoms with Gasteiger partial charge in [0, 0.05) is 17.7 Å². The first-order valence-electron chi connectivity index (χ1n) is 6.24. The van der Waals surface area contributed by atoms with E-state index in [1.54, 1.807) is 6.07 Å². The molecule has 98 valence electrons. The van der Waals surface area contributed by atoms with Crippen LogP contribution in [0.15, 0.2) is 23.0 Å². The summed E-state index contributed by atoms with van der Waals surface area (Å²) in [6.45, 7) is 3.24.